The van der Waals surface area contributed by atoms with Crippen LogP contribution in [0.2, 0.25) is 0 Å². The maximum atomic E-state index is 11.4. The maximum Gasteiger partial charge on any atom is 0.338 e. The van der Waals surface area contributed by atoms with E-state index >= 15 is 0 Å². The van der Waals surface area contributed by atoms with E-state index in [0.717, 1.165) is 29.2 Å². The monoisotopic (exact) mass is 434 g/mol. The number of ether oxygens (including phenoxy) is 2. The van der Waals surface area contributed by atoms with Crippen LogP contribution in [0.3, 0.4) is 0 Å². The number of carbonyl (C=O) groups excluding carboxylic acids is 2. The third-order valence-corrected chi connectivity index (χ3v) is 5.69. The van der Waals surface area contributed by atoms with Crippen molar-refractivity contribution in [1.29, 1.82) is 0 Å². The second kappa shape index (κ2) is 14.2. The topological polar surface area (TPSA) is 52.6 Å². The molecule has 0 unspecified atom stereocenters. The summed E-state index contributed by atoms with van der Waals surface area (Å²) in [5.41, 5.74) is 4.07. The fraction of sp³-hybridized carbons (Fsp3) is 0.357. The zero-order valence-electron chi connectivity index (χ0n) is 19.2. The van der Waals surface area contributed by atoms with Gasteiger partial charge >= 0.3 is 5.97 Å². The van der Waals surface area contributed by atoms with Gasteiger partial charge in [0, 0.05) is 7.11 Å². The Morgan fingerprint density at radius 3 is 2.16 bits per heavy atom. The van der Waals surface area contributed by atoms with Gasteiger partial charge in [0.2, 0.25) is 0 Å². The SMILES string of the molecule is C=Cc1ccc(C(=O)OCCOC)cc1.CC1CCC(c2ccc(/C=C/C=O)cc2)CC1. The number of allylic oxidation sites excluding steroid dienone is 1. The van der Waals surface area contributed by atoms with E-state index in [1.807, 2.05) is 18.2 Å². The summed E-state index contributed by atoms with van der Waals surface area (Å²) in [5.74, 6) is 1.32. The van der Waals surface area contributed by atoms with Crippen LogP contribution >= 0.6 is 0 Å². The molecule has 1 aliphatic rings. The Balaban J connectivity index is 0.000000229. The molecule has 0 N–H and O–H groups in total. The summed E-state index contributed by atoms with van der Waals surface area (Å²) in [6.07, 6.45) is 11.3. The smallest absolute Gasteiger partial charge is 0.338 e. The Labute approximate surface area is 191 Å². The third-order valence-electron chi connectivity index (χ3n) is 5.69. The van der Waals surface area contributed by atoms with E-state index in [2.05, 4.69) is 37.8 Å². The first-order valence-corrected chi connectivity index (χ1v) is 11.2. The third kappa shape index (κ3) is 8.64. The van der Waals surface area contributed by atoms with Crippen LogP contribution in [0.1, 0.15) is 65.6 Å². The molecule has 0 aliphatic heterocycles. The van der Waals surface area contributed by atoms with Gasteiger partial charge in [-0.05, 0) is 59.6 Å². The zero-order valence-corrected chi connectivity index (χ0v) is 19.2. The van der Waals surface area contributed by atoms with E-state index < -0.39 is 0 Å². The number of esters is 1. The van der Waals surface area contributed by atoms with Crippen molar-refractivity contribution in [1.82, 2.24) is 0 Å². The number of hydrogen-bond acceptors (Lipinski definition) is 4. The second-order valence-electron chi connectivity index (χ2n) is 8.07. The predicted molar refractivity (Wildman–Crippen MR) is 131 cm³/mol. The lowest BCUT2D eigenvalue weighted by atomic mass is 9.79. The molecule has 0 heterocycles. The van der Waals surface area contributed by atoms with Gasteiger partial charge in [0.1, 0.15) is 12.9 Å². The molecule has 1 fully saturated rings. The molecular formula is C28H34O4. The highest BCUT2D eigenvalue weighted by Crippen LogP contribution is 2.35. The molecule has 0 aromatic heterocycles. The number of rotatable bonds is 8. The van der Waals surface area contributed by atoms with Crippen molar-refractivity contribution < 1.29 is 19.1 Å². The van der Waals surface area contributed by atoms with Crippen LogP contribution in [0.4, 0.5) is 0 Å². The first-order chi connectivity index (χ1) is 15.6. The van der Waals surface area contributed by atoms with Crippen molar-refractivity contribution in [2.24, 2.45) is 5.92 Å². The highest BCUT2D eigenvalue weighted by Gasteiger charge is 2.19. The van der Waals surface area contributed by atoms with Crippen LogP contribution in [0.5, 0.6) is 0 Å². The van der Waals surface area contributed by atoms with Crippen molar-refractivity contribution in [2.75, 3.05) is 20.3 Å². The Kier molecular flexibility index (Phi) is 11.2. The minimum Gasteiger partial charge on any atom is -0.460 e. The van der Waals surface area contributed by atoms with Gasteiger partial charge < -0.3 is 9.47 Å². The molecule has 2 aromatic rings. The molecule has 0 bridgehead atoms. The van der Waals surface area contributed by atoms with Crippen molar-refractivity contribution in [3.63, 3.8) is 0 Å². The van der Waals surface area contributed by atoms with Crippen molar-refractivity contribution >= 4 is 24.4 Å². The van der Waals surface area contributed by atoms with Crippen molar-refractivity contribution in [3.8, 4) is 0 Å². The van der Waals surface area contributed by atoms with E-state index in [1.54, 1.807) is 25.3 Å². The largest absolute Gasteiger partial charge is 0.460 e. The fourth-order valence-corrected chi connectivity index (χ4v) is 3.68. The molecule has 4 nitrogen and oxygen atoms in total. The van der Waals surface area contributed by atoms with E-state index in [9.17, 15) is 9.59 Å². The fourth-order valence-electron chi connectivity index (χ4n) is 3.68. The molecule has 4 heteroatoms. The molecule has 0 spiro atoms. The summed E-state index contributed by atoms with van der Waals surface area (Å²) in [7, 11) is 1.56. The number of benzene rings is 2. The van der Waals surface area contributed by atoms with Crippen molar-refractivity contribution in [2.45, 2.75) is 38.5 Å². The second-order valence-corrected chi connectivity index (χ2v) is 8.07. The van der Waals surface area contributed by atoms with Crippen molar-refractivity contribution in [3.05, 3.63) is 83.4 Å². The predicted octanol–water partition coefficient (Wildman–Crippen LogP) is 6.33. The Hall–Kier alpha value is -2.98. The van der Waals surface area contributed by atoms with Gasteiger partial charge in [0.05, 0.1) is 12.2 Å². The average Bonchev–Trinajstić information content (AvgIpc) is 2.84. The van der Waals surface area contributed by atoms with Gasteiger partial charge in [-0.25, -0.2) is 4.79 Å². The minimum absolute atomic E-state index is 0.276. The lowest BCUT2D eigenvalue weighted by Gasteiger charge is -2.26. The number of hydrogen-bond donors (Lipinski definition) is 0. The first-order valence-electron chi connectivity index (χ1n) is 11.2. The van der Waals surface area contributed by atoms with Crippen LogP contribution in [-0.2, 0) is 14.3 Å². The summed E-state index contributed by atoms with van der Waals surface area (Å²) >= 11 is 0. The molecule has 0 atom stereocenters. The Morgan fingerprint density at radius 2 is 1.59 bits per heavy atom. The minimum atomic E-state index is -0.331. The number of aldehydes is 1. The summed E-state index contributed by atoms with van der Waals surface area (Å²) in [4.78, 5) is 21.7. The lowest BCUT2D eigenvalue weighted by Crippen LogP contribution is -2.10. The first kappa shape index (κ1) is 25.3. The Morgan fingerprint density at radius 1 is 0.969 bits per heavy atom. The normalized spacial score (nSPS) is 17.8. The van der Waals surface area contributed by atoms with Gasteiger partial charge in [-0.1, -0.05) is 74.9 Å². The van der Waals surface area contributed by atoms with Crippen LogP contribution < -0.4 is 0 Å². The van der Waals surface area contributed by atoms with E-state index in [0.29, 0.717) is 12.2 Å². The van der Waals surface area contributed by atoms with Crippen LogP contribution in [0, 0.1) is 5.92 Å². The standard InChI is InChI=1S/C16H20O.C12H14O3/c1-13-4-8-15(9-5-13)16-10-6-14(7-11-16)3-2-12-17;1-3-10-4-6-11(7-5-10)12(13)15-9-8-14-2/h2-3,6-7,10-13,15H,4-5,8-9H2,1H3;3-7H,1,8-9H2,2H3/b3-2+;. The molecule has 1 aliphatic carbocycles. The highest BCUT2D eigenvalue weighted by atomic mass is 16.6. The zero-order chi connectivity index (χ0) is 23.2. The quantitative estimate of drug-likeness (QED) is 0.211. The van der Waals surface area contributed by atoms with Crippen LogP contribution in [-0.4, -0.2) is 32.6 Å². The van der Waals surface area contributed by atoms with Gasteiger partial charge in [-0.3, -0.25) is 4.79 Å². The van der Waals surface area contributed by atoms with Gasteiger partial charge in [0.15, 0.2) is 0 Å². The molecule has 170 valence electrons. The molecule has 0 radical (unpaired) electrons. The van der Waals surface area contributed by atoms with E-state index in [1.165, 1.54) is 37.3 Å². The molecular weight excluding hydrogens is 400 g/mol. The van der Waals surface area contributed by atoms with Gasteiger partial charge in [-0.15, -0.1) is 0 Å². The van der Waals surface area contributed by atoms with E-state index in [-0.39, 0.29) is 12.6 Å². The number of methoxy groups -OCH3 is 1. The Bertz CT molecular complexity index is 857. The summed E-state index contributed by atoms with van der Waals surface area (Å²) in [6, 6.07) is 15.7. The molecule has 0 amide bonds. The molecule has 3 rings (SSSR count). The lowest BCUT2D eigenvalue weighted by molar-refractivity contribution is -0.104. The molecule has 2 aromatic carbocycles. The summed E-state index contributed by atoms with van der Waals surface area (Å²) in [5, 5.41) is 0. The molecule has 0 saturated heterocycles. The van der Waals surface area contributed by atoms with Gasteiger partial charge in [0.25, 0.3) is 0 Å². The highest BCUT2D eigenvalue weighted by molar-refractivity contribution is 5.89. The van der Waals surface area contributed by atoms with Crippen LogP contribution in [0.15, 0.2) is 61.2 Å². The summed E-state index contributed by atoms with van der Waals surface area (Å²) in [6.45, 7) is 6.67. The average molecular weight is 435 g/mol. The summed E-state index contributed by atoms with van der Waals surface area (Å²) < 4.78 is 9.73. The molecule has 32 heavy (non-hydrogen) atoms. The van der Waals surface area contributed by atoms with Gasteiger partial charge in [-0.2, -0.15) is 0 Å². The maximum absolute atomic E-state index is 11.4. The van der Waals surface area contributed by atoms with Crippen LogP contribution in [0.25, 0.3) is 12.2 Å². The van der Waals surface area contributed by atoms with E-state index in [4.69, 9.17) is 9.47 Å². The molecule has 1 saturated carbocycles. The number of carbonyl (C=O) groups is 2.